The summed E-state index contributed by atoms with van der Waals surface area (Å²) in [4.78, 5) is 15.9. The van der Waals surface area contributed by atoms with Crippen LogP contribution in [0.5, 0.6) is 0 Å². The van der Waals surface area contributed by atoms with E-state index in [1.54, 1.807) is 24.3 Å². The lowest BCUT2D eigenvalue weighted by molar-refractivity contribution is 0.0986. The van der Waals surface area contributed by atoms with Crippen molar-refractivity contribution in [2.45, 2.75) is 23.5 Å². The number of fused-ring (bicyclic) bond motifs is 1. The van der Waals surface area contributed by atoms with Crippen LogP contribution >= 0.6 is 11.8 Å². The highest BCUT2D eigenvalue weighted by Crippen LogP contribution is 2.37. The van der Waals surface area contributed by atoms with Crippen molar-refractivity contribution in [3.8, 4) is 6.07 Å². The van der Waals surface area contributed by atoms with Crippen LogP contribution in [0.25, 0.3) is 0 Å². The summed E-state index contributed by atoms with van der Waals surface area (Å²) in [5, 5.41) is 9.35. The van der Waals surface area contributed by atoms with Gasteiger partial charge in [0.05, 0.1) is 17.3 Å². The molecule has 3 rings (SSSR count). The Labute approximate surface area is 134 Å². The fraction of sp³-hybridized carbons (Fsp3) is 0.222. The van der Waals surface area contributed by atoms with Crippen LogP contribution in [0, 0.1) is 11.3 Å². The average Bonchev–Trinajstić information content (AvgIpc) is 2.72. The van der Waals surface area contributed by atoms with Crippen molar-refractivity contribution in [3.05, 3.63) is 59.7 Å². The molecule has 4 heteroatoms. The molecule has 3 nitrogen and oxygen atoms in total. The van der Waals surface area contributed by atoms with E-state index in [1.807, 2.05) is 34.9 Å². The molecule has 0 spiro atoms. The predicted molar refractivity (Wildman–Crippen MR) is 89.2 cm³/mol. The summed E-state index contributed by atoms with van der Waals surface area (Å²) in [5.74, 6) is -0.00774. The van der Waals surface area contributed by atoms with Gasteiger partial charge in [-0.25, -0.2) is 0 Å². The molecule has 0 bridgehead atoms. The molecule has 1 amide bonds. The van der Waals surface area contributed by atoms with E-state index in [-0.39, 0.29) is 5.91 Å². The number of para-hydroxylation sites is 1. The van der Waals surface area contributed by atoms with E-state index in [1.165, 1.54) is 0 Å². The first-order chi connectivity index (χ1) is 10.7. The molecule has 1 atom stereocenters. The van der Waals surface area contributed by atoms with Crippen molar-refractivity contribution in [3.63, 3.8) is 0 Å². The lowest BCUT2D eigenvalue weighted by Crippen LogP contribution is -2.32. The molecule has 1 heterocycles. The monoisotopic (exact) mass is 308 g/mol. The Balaban J connectivity index is 1.96. The van der Waals surface area contributed by atoms with Gasteiger partial charge in [-0.15, -0.1) is 11.8 Å². The number of hydrogen-bond acceptors (Lipinski definition) is 3. The van der Waals surface area contributed by atoms with Crippen LogP contribution in [-0.4, -0.2) is 17.7 Å². The van der Waals surface area contributed by atoms with E-state index in [4.69, 9.17) is 5.26 Å². The smallest absolute Gasteiger partial charge is 0.258 e. The number of thioether (sulfide) groups is 1. The van der Waals surface area contributed by atoms with Crippen molar-refractivity contribution >= 4 is 23.4 Å². The van der Waals surface area contributed by atoms with Crippen LogP contribution < -0.4 is 4.90 Å². The largest absolute Gasteiger partial charge is 0.307 e. The van der Waals surface area contributed by atoms with Crippen LogP contribution in [0.1, 0.15) is 29.3 Å². The Morgan fingerprint density at radius 2 is 1.95 bits per heavy atom. The molecule has 22 heavy (non-hydrogen) atoms. The quantitative estimate of drug-likeness (QED) is 0.797. The first kappa shape index (κ1) is 14.7. The second-order valence-electron chi connectivity index (χ2n) is 5.33. The fourth-order valence-corrected chi connectivity index (χ4v) is 3.65. The molecule has 0 unspecified atom stereocenters. The molecular weight excluding hydrogens is 292 g/mol. The highest BCUT2D eigenvalue weighted by atomic mass is 32.2. The number of nitriles is 1. The number of carbonyl (C=O) groups excluding carboxylic acids is 1. The maximum atomic E-state index is 12.9. The zero-order valence-electron chi connectivity index (χ0n) is 12.3. The Kier molecular flexibility index (Phi) is 4.17. The van der Waals surface area contributed by atoms with Gasteiger partial charge in [0.1, 0.15) is 0 Å². The fourth-order valence-electron chi connectivity index (χ4n) is 2.54. The third-order valence-electron chi connectivity index (χ3n) is 3.75. The summed E-state index contributed by atoms with van der Waals surface area (Å²) in [6.07, 6.45) is 0.960. The SMILES string of the molecule is C[C@H]1CCN(C(=O)c2ccc(C#N)cc2)c2ccccc2S1. The normalized spacial score (nSPS) is 17.3. The average molecular weight is 308 g/mol. The van der Waals surface area contributed by atoms with Crippen molar-refractivity contribution in [1.82, 2.24) is 0 Å². The van der Waals surface area contributed by atoms with E-state index in [0.29, 0.717) is 22.9 Å². The minimum Gasteiger partial charge on any atom is -0.307 e. The van der Waals surface area contributed by atoms with Gasteiger partial charge in [-0.05, 0) is 42.8 Å². The van der Waals surface area contributed by atoms with E-state index in [2.05, 4.69) is 19.1 Å². The van der Waals surface area contributed by atoms with Gasteiger partial charge in [0.2, 0.25) is 0 Å². The van der Waals surface area contributed by atoms with Crippen LogP contribution in [-0.2, 0) is 0 Å². The maximum Gasteiger partial charge on any atom is 0.258 e. The number of benzene rings is 2. The molecular formula is C18H16N2OS. The molecule has 0 radical (unpaired) electrons. The Bertz CT molecular complexity index is 733. The van der Waals surface area contributed by atoms with Gasteiger partial charge >= 0.3 is 0 Å². The first-order valence-corrected chi connectivity index (χ1v) is 8.14. The van der Waals surface area contributed by atoms with Gasteiger partial charge in [0.15, 0.2) is 0 Å². The van der Waals surface area contributed by atoms with Crippen LogP contribution in [0.2, 0.25) is 0 Å². The number of amides is 1. The zero-order chi connectivity index (χ0) is 15.5. The van der Waals surface area contributed by atoms with Gasteiger partial charge in [0, 0.05) is 22.3 Å². The Hall–Kier alpha value is -2.25. The molecule has 0 aromatic heterocycles. The number of rotatable bonds is 1. The summed E-state index contributed by atoms with van der Waals surface area (Å²) in [5.41, 5.74) is 2.16. The number of nitrogens with zero attached hydrogens (tertiary/aromatic N) is 2. The predicted octanol–water partition coefficient (Wildman–Crippen LogP) is 4.09. The van der Waals surface area contributed by atoms with Crippen molar-refractivity contribution in [2.24, 2.45) is 0 Å². The molecule has 0 N–H and O–H groups in total. The number of anilines is 1. The second kappa shape index (κ2) is 6.25. The molecule has 1 aliphatic heterocycles. The van der Waals surface area contributed by atoms with E-state index >= 15 is 0 Å². The molecule has 0 fully saturated rings. The summed E-state index contributed by atoms with van der Waals surface area (Å²) in [6.45, 7) is 2.90. The van der Waals surface area contributed by atoms with E-state index in [0.717, 1.165) is 17.0 Å². The minimum absolute atomic E-state index is 0.00774. The zero-order valence-corrected chi connectivity index (χ0v) is 13.1. The minimum atomic E-state index is -0.00774. The Morgan fingerprint density at radius 3 is 2.68 bits per heavy atom. The second-order valence-corrected chi connectivity index (χ2v) is 6.81. The third-order valence-corrected chi connectivity index (χ3v) is 4.99. The summed E-state index contributed by atoms with van der Waals surface area (Å²) in [6, 6.07) is 17.0. The van der Waals surface area contributed by atoms with Crippen molar-refractivity contribution in [2.75, 3.05) is 11.4 Å². The van der Waals surface area contributed by atoms with Gasteiger partial charge in [-0.3, -0.25) is 4.79 Å². The van der Waals surface area contributed by atoms with Gasteiger partial charge in [-0.2, -0.15) is 5.26 Å². The molecule has 2 aromatic rings. The molecule has 110 valence electrons. The summed E-state index contributed by atoms with van der Waals surface area (Å²) in [7, 11) is 0. The molecule has 0 saturated heterocycles. The van der Waals surface area contributed by atoms with E-state index < -0.39 is 0 Å². The lowest BCUT2D eigenvalue weighted by atomic mass is 10.1. The topological polar surface area (TPSA) is 44.1 Å². The van der Waals surface area contributed by atoms with Crippen molar-refractivity contribution in [1.29, 1.82) is 5.26 Å². The molecule has 0 saturated carbocycles. The highest BCUT2D eigenvalue weighted by Gasteiger charge is 2.24. The highest BCUT2D eigenvalue weighted by molar-refractivity contribution is 8.00. The number of carbonyl (C=O) groups is 1. The maximum absolute atomic E-state index is 12.9. The van der Waals surface area contributed by atoms with Gasteiger partial charge in [0.25, 0.3) is 5.91 Å². The van der Waals surface area contributed by atoms with Gasteiger partial charge < -0.3 is 4.90 Å². The van der Waals surface area contributed by atoms with Crippen molar-refractivity contribution < 1.29 is 4.79 Å². The standard InChI is InChI=1S/C18H16N2OS/c1-13-10-11-20(16-4-2-3-5-17(16)22-13)18(21)15-8-6-14(12-19)7-9-15/h2-9,13H,10-11H2,1H3/t13-/m0/s1. The third kappa shape index (κ3) is 2.86. The lowest BCUT2D eigenvalue weighted by Gasteiger charge is -2.22. The number of hydrogen-bond donors (Lipinski definition) is 0. The van der Waals surface area contributed by atoms with Gasteiger partial charge in [-0.1, -0.05) is 19.1 Å². The van der Waals surface area contributed by atoms with Crippen LogP contribution in [0.15, 0.2) is 53.4 Å². The van der Waals surface area contributed by atoms with E-state index in [9.17, 15) is 4.79 Å². The van der Waals surface area contributed by atoms with Crippen LogP contribution in [0.3, 0.4) is 0 Å². The summed E-state index contributed by atoms with van der Waals surface area (Å²) < 4.78 is 0. The first-order valence-electron chi connectivity index (χ1n) is 7.27. The molecule has 1 aliphatic rings. The molecule has 2 aromatic carbocycles. The van der Waals surface area contributed by atoms with Crippen LogP contribution in [0.4, 0.5) is 5.69 Å². The summed E-state index contributed by atoms with van der Waals surface area (Å²) >= 11 is 1.82. The molecule has 0 aliphatic carbocycles. The Morgan fingerprint density at radius 1 is 1.23 bits per heavy atom.